The predicted molar refractivity (Wildman–Crippen MR) is 91.7 cm³/mol. The first-order chi connectivity index (χ1) is 11.7. The Morgan fingerprint density at radius 2 is 1.68 bits per heavy atom. The van der Waals surface area contributed by atoms with Crippen molar-refractivity contribution in [2.45, 2.75) is 51.8 Å². The highest BCUT2D eigenvalue weighted by Gasteiger charge is 2.32. The van der Waals surface area contributed by atoms with E-state index in [0.717, 1.165) is 7.11 Å². The molecule has 0 aliphatic rings. The van der Waals surface area contributed by atoms with Crippen molar-refractivity contribution in [2.24, 2.45) is 5.92 Å². The Morgan fingerprint density at radius 1 is 1.08 bits per heavy atom. The van der Waals surface area contributed by atoms with Crippen LogP contribution in [0, 0.1) is 5.92 Å². The number of Topliss-reactive ketones (excluding diaryl/α,β-unsaturated/α-hetero) is 1. The van der Waals surface area contributed by atoms with Crippen molar-refractivity contribution in [1.29, 1.82) is 0 Å². The van der Waals surface area contributed by atoms with Crippen LogP contribution in [0.3, 0.4) is 0 Å². The van der Waals surface area contributed by atoms with E-state index in [4.69, 9.17) is 4.74 Å². The van der Waals surface area contributed by atoms with E-state index in [2.05, 4.69) is 10.1 Å². The van der Waals surface area contributed by atoms with Gasteiger partial charge in [0.15, 0.2) is 5.12 Å². The van der Waals surface area contributed by atoms with Crippen molar-refractivity contribution in [1.82, 2.24) is 5.32 Å². The molecule has 0 saturated carbocycles. The highest BCUT2D eigenvalue weighted by atomic mass is 32.2. The Balaban J connectivity index is 4.97. The summed E-state index contributed by atoms with van der Waals surface area (Å²) in [5, 5.41) is 1.30. The summed E-state index contributed by atoms with van der Waals surface area (Å²) in [4.78, 5) is 58.5. The standard InChI is InChI=1S/C16H25NO7S/c1-6-9(3)14(20)17-13(16(22)24-7-2)10(4)25-12(19)8-11(18)15(21)23-5/h9-10,13H,6-8H2,1-5H3,(H,17,20). The summed E-state index contributed by atoms with van der Waals surface area (Å²) >= 11 is 0.696. The van der Waals surface area contributed by atoms with Crippen LogP contribution in [-0.4, -0.2) is 53.8 Å². The van der Waals surface area contributed by atoms with Crippen LogP contribution in [0.1, 0.15) is 40.5 Å². The molecule has 142 valence electrons. The van der Waals surface area contributed by atoms with Gasteiger partial charge in [0.1, 0.15) is 6.04 Å². The number of rotatable bonds is 10. The van der Waals surface area contributed by atoms with Gasteiger partial charge >= 0.3 is 11.9 Å². The summed E-state index contributed by atoms with van der Waals surface area (Å²) in [6.07, 6.45) is -0.0496. The molecule has 0 spiro atoms. The molecule has 0 radical (unpaired) electrons. The number of hydrogen-bond acceptors (Lipinski definition) is 8. The van der Waals surface area contributed by atoms with E-state index in [9.17, 15) is 24.0 Å². The number of carbonyl (C=O) groups is 5. The van der Waals surface area contributed by atoms with Gasteiger partial charge in [0, 0.05) is 11.2 Å². The van der Waals surface area contributed by atoms with Crippen LogP contribution < -0.4 is 5.32 Å². The molecule has 0 aliphatic heterocycles. The van der Waals surface area contributed by atoms with Crippen molar-refractivity contribution < 1.29 is 33.4 Å². The van der Waals surface area contributed by atoms with Gasteiger partial charge in [-0.25, -0.2) is 9.59 Å². The number of carbonyl (C=O) groups excluding carboxylic acids is 5. The lowest BCUT2D eigenvalue weighted by atomic mass is 10.1. The zero-order valence-electron chi connectivity index (χ0n) is 15.1. The van der Waals surface area contributed by atoms with Crippen molar-refractivity contribution in [3.05, 3.63) is 0 Å². The van der Waals surface area contributed by atoms with E-state index >= 15 is 0 Å². The lowest BCUT2D eigenvalue weighted by Crippen LogP contribution is -2.49. The highest BCUT2D eigenvalue weighted by molar-refractivity contribution is 8.14. The Labute approximate surface area is 151 Å². The van der Waals surface area contributed by atoms with Gasteiger partial charge in [0.2, 0.25) is 11.7 Å². The molecule has 3 atom stereocenters. The number of thioether (sulfide) groups is 1. The van der Waals surface area contributed by atoms with Crippen LogP contribution in [0.2, 0.25) is 0 Å². The maximum atomic E-state index is 12.1. The van der Waals surface area contributed by atoms with Gasteiger partial charge < -0.3 is 14.8 Å². The van der Waals surface area contributed by atoms with Gasteiger partial charge in [-0.05, 0) is 13.3 Å². The topological polar surface area (TPSA) is 116 Å². The predicted octanol–water partition coefficient (Wildman–Crippen LogP) is 0.861. The molecule has 8 nitrogen and oxygen atoms in total. The average Bonchev–Trinajstić information content (AvgIpc) is 2.57. The number of methoxy groups -OCH3 is 1. The summed E-state index contributed by atoms with van der Waals surface area (Å²) in [6.45, 7) is 6.87. The average molecular weight is 375 g/mol. The summed E-state index contributed by atoms with van der Waals surface area (Å²) in [5.74, 6) is -3.36. The normalized spacial score (nSPS) is 14.0. The maximum absolute atomic E-state index is 12.1. The first-order valence-electron chi connectivity index (χ1n) is 7.95. The van der Waals surface area contributed by atoms with Crippen molar-refractivity contribution in [2.75, 3.05) is 13.7 Å². The minimum Gasteiger partial charge on any atom is -0.464 e. The molecular weight excluding hydrogens is 350 g/mol. The second-order valence-corrected chi connectivity index (χ2v) is 6.77. The van der Waals surface area contributed by atoms with Crippen molar-refractivity contribution in [3.63, 3.8) is 0 Å². The van der Waals surface area contributed by atoms with Gasteiger partial charge in [-0.3, -0.25) is 14.4 Å². The van der Waals surface area contributed by atoms with Gasteiger partial charge in [-0.2, -0.15) is 0 Å². The third-order valence-corrected chi connectivity index (χ3v) is 4.45. The molecule has 0 heterocycles. The Hall–Kier alpha value is -1.90. The smallest absolute Gasteiger partial charge is 0.374 e. The highest BCUT2D eigenvalue weighted by Crippen LogP contribution is 2.19. The summed E-state index contributed by atoms with van der Waals surface area (Å²) in [7, 11) is 1.04. The fraction of sp³-hybridized carbons (Fsp3) is 0.688. The van der Waals surface area contributed by atoms with E-state index in [0.29, 0.717) is 18.2 Å². The second kappa shape index (κ2) is 11.6. The molecule has 0 saturated heterocycles. The van der Waals surface area contributed by atoms with Gasteiger partial charge in [-0.1, -0.05) is 32.5 Å². The fourth-order valence-corrected chi connectivity index (χ4v) is 2.66. The van der Waals surface area contributed by atoms with Crippen molar-refractivity contribution >= 4 is 40.5 Å². The number of hydrogen-bond donors (Lipinski definition) is 1. The molecule has 1 N–H and O–H groups in total. The molecular formula is C16H25NO7S. The van der Waals surface area contributed by atoms with E-state index in [1.807, 2.05) is 6.92 Å². The zero-order chi connectivity index (χ0) is 19.6. The van der Waals surface area contributed by atoms with Gasteiger partial charge in [-0.15, -0.1) is 0 Å². The number of ether oxygens (including phenoxy) is 2. The van der Waals surface area contributed by atoms with Gasteiger partial charge in [0.25, 0.3) is 0 Å². The number of esters is 2. The van der Waals surface area contributed by atoms with Crippen LogP contribution in [-0.2, 0) is 33.4 Å². The van der Waals surface area contributed by atoms with Crippen LogP contribution in [0.15, 0.2) is 0 Å². The zero-order valence-corrected chi connectivity index (χ0v) is 15.9. The molecule has 9 heteroatoms. The molecule has 0 aromatic heterocycles. The third-order valence-electron chi connectivity index (χ3n) is 3.40. The lowest BCUT2D eigenvalue weighted by Gasteiger charge is -2.23. The Kier molecular flexibility index (Phi) is 10.7. The van der Waals surface area contributed by atoms with E-state index in [1.54, 1.807) is 20.8 Å². The van der Waals surface area contributed by atoms with Crippen molar-refractivity contribution in [3.8, 4) is 0 Å². The number of ketones is 1. The molecule has 0 fully saturated rings. The SMILES string of the molecule is CCOC(=O)C(NC(=O)C(C)CC)C(C)SC(=O)CC(=O)C(=O)OC. The molecule has 0 aliphatic carbocycles. The largest absolute Gasteiger partial charge is 0.464 e. The monoisotopic (exact) mass is 375 g/mol. The Bertz CT molecular complexity index is 521. The summed E-state index contributed by atoms with van der Waals surface area (Å²) < 4.78 is 9.18. The lowest BCUT2D eigenvalue weighted by molar-refractivity contribution is -0.152. The fourth-order valence-electron chi connectivity index (χ4n) is 1.72. The molecule has 0 rings (SSSR count). The Morgan fingerprint density at radius 3 is 2.16 bits per heavy atom. The first kappa shape index (κ1) is 23.1. The summed E-state index contributed by atoms with van der Waals surface area (Å²) in [5.41, 5.74) is 0. The third kappa shape index (κ3) is 8.15. The van der Waals surface area contributed by atoms with Crippen LogP contribution in [0.5, 0.6) is 0 Å². The van der Waals surface area contributed by atoms with Gasteiger partial charge in [0.05, 0.1) is 20.1 Å². The quantitative estimate of drug-likeness (QED) is 0.339. The first-order valence-corrected chi connectivity index (χ1v) is 8.83. The summed E-state index contributed by atoms with van der Waals surface area (Å²) in [6, 6.07) is -1.04. The number of nitrogens with one attached hydrogen (secondary N) is 1. The molecule has 0 aromatic rings. The molecule has 1 amide bonds. The van der Waals surface area contributed by atoms with Crippen LogP contribution >= 0.6 is 11.8 Å². The minimum absolute atomic E-state index is 0.126. The number of amides is 1. The molecule has 0 bridgehead atoms. The van der Waals surface area contributed by atoms with Crippen LogP contribution in [0.4, 0.5) is 0 Å². The van der Waals surface area contributed by atoms with E-state index < -0.39 is 40.5 Å². The minimum atomic E-state index is -1.10. The van der Waals surface area contributed by atoms with E-state index in [1.165, 1.54) is 0 Å². The molecule has 0 aromatic carbocycles. The molecule has 3 unspecified atom stereocenters. The van der Waals surface area contributed by atoms with E-state index in [-0.39, 0.29) is 18.4 Å². The maximum Gasteiger partial charge on any atom is 0.374 e. The second-order valence-electron chi connectivity index (χ2n) is 5.33. The van der Waals surface area contributed by atoms with Crippen LogP contribution in [0.25, 0.3) is 0 Å². The molecule has 25 heavy (non-hydrogen) atoms.